The second-order valence-corrected chi connectivity index (χ2v) is 10.6. The van der Waals surface area contributed by atoms with E-state index in [4.69, 9.17) is 14.6 Å². The summed E-state index contributed by atoms with van der Waals surface area (Å²) in [4.78, 5) is 23.8. The lowest BCUT2D eigenvalue weighted by atomic mass is 9.76. The molecule has 1 aliphatic carbocycles. The van der Waals surface area contributed by atoms with Gasteiger partial charge in [0.15, 0.2) is 0 Å². The quantitative estimate of drug-likeness (QED) is 0.130. The van der Waals surface area contributed by atoms with Gasteiger partial charge in [0.2, 0.25) is 0 Å². The summed E-state index contributed by atoms with van der Waals surface area (Å²) < 4.78 is 10.5. The Morgan fingerprint density at radius 3 is 2.39 bits per heavy atom. The molecule has 0 aliphatic heterocycles. The monoisotopic (exact) mass is 518 g/mol. The highest BCUT2D eigenvalue weighted by molar-refractivity contribution is 5.88. The van der Waals surface area contributed by atoms with Crippen LogP contribution in [0.4, 0.5) is 0 Å². The molecule has 0 aromatic heterocycles. The van der Waals surface area contributed by atoms with E-state index < -0.39 is 18.5 Å². The van der Waals surface area contributed by atoms with E-state index in [9.17, 15) is 9.59 Å². The molecule has 0 spiro atoms. The SMILES string of the molecule is C=C(C)C(=O)O/C=C(\COC(=O)C(=C)CO)CC1CCC(c2ccc3cc(CCCCC)ccc3c2)CC1. The van der Waals surface area contributed by atoms with Crippen molar-refractivity contribution in [3.05, 3.63) is 83.7 Å². The van der Waals surface area contributed by atoms with Crippen LogP contribution in [-0.2, 0) is 25.5 Å². The van der Waals surface area contributed by atoms with Crippen molar-refractivity contribution in [2.24, 2.45) is 5.92 Å². The summed E-state index contributed by atoms with van der Waals surface area (Å²) in [5.41, 5.74) is 3.84. The third-order valence-corrected chi connectivity index (χ3v) is 7.42. The largest absolute Gasteiger partial charge is 0.458 e. The lowest BCUT2D eigenvalue weighted by molar-refractivity contribution is -0.138. The molecule has 0 saturated heterocycles. The predicted molar refractivity (Wildman–Crippen MR) is 153 cm³/mol. The molecule has 0 unspecified atom stereocenters. The van der Waals surface area contributed by atoms with E-state index >= 15 is 0 Å². The summed E-state index contributed by atoms with van der Waals surface area (Å²) in [5.74, 6) is -0.231. The van der Waals surface area contributed by atoms with Crippen molar-refractivity contribution in [1.82, 2.24) is 0 Å². The van der Waals surface area contributed by atoms with Crippen LogP contribution in [0.15, 0.2) is 72.5 Å². The van der Waals surface area contributed by atoms with Gasteiger partial charge in [0.25, 0.3) is 0 Å². The number of fused-ring (bicyclic) bond motifs is 1. The van der Waals surface area contributed by atoms with Gasteiger partial charge in [-0.2, -0.15) is 0 Å². The van der Waals surface area contributed by atoms with Gasteiger partial charge >= 0.3 is 11.9 Å². The van der Waals surface area contributed by atoms with Crippen LogP contribution < -0.4 is 0 Å². The Kier molecular flexibility index (Phi) is 11.3. The molecule has 1 N–H and O–H groups in total. The Morgan fingerprint density at radius 1 is 1.00 bits per heavy atom. The number of hydrogen-bond acceptors (Lipinski definition) is 5. The van der Waals surface area contributed by atoms with E-state index in [1.54, 1.807) is 6.92 Å². The van der Waals surface area contributed by atoms with Gasteiger partial charge in [-0.15, -0.1) is 0 Å². The van der Waals surface area contributed by atoms with Crippen molar-refractivity contribution in [3.63, 3.8) is 0 Å². The standard InChI is InChI=1S/C33H42O5/c1-5-6-7-8-25-11-14-31-19-30(16-15-29(31)18-25)28-12-9-26(10-13-28)17-27(21-37-32(35)23(2)3)22-38-33(36)24(4)20-34/h11,14-16,18-19,21,26,28,34H,2,4-10,12-13,17,20,22H2,1,3H3/b27-21-. The van der Waals surface area contributed by atoms with Gasteiger partial charge in [-0.05, 0) is 85.6 Å². The Morgan fingerprint density at radius 2 is 1.71 bits per heavy atom. The van der Waals surface area contributed by atoms with E-state index in [1.165, 1.54) is 47.4 Å². The van der Waals surface area contributed by atoms with Crippen molar-refractivity contribution < 1.29 is 24.2 Å². The second kappa shape index (κ2) is 14.7. The summed E-state index contributed by atoms with van der Waals surface area (Å²) in [5, 5.41) is 11.7. The lowest BCUT2D eigenvalue weighted by Gasteiger charge is -2.29. The molecule has 0 amide bonds. The number of rotatable bonds is 13. The highest BCUT2D eigenvalue weighted by Gasteiger charge is 2.24. The van der Waals surface area contributed by atoms with Crippen LogP contribution in [0, 0.1) is 5.92 Å². The Bertz CT molecular complexity index is 1170. The minimum atomic E-state index is -0.655. The maximum atomic E-state index is 12.0. The Labute approximate surface area is 227 Å². The summed E-state index contributed by atoms with van der Waals surface area (Å²) in [6.45, 7) is 10.5. The number of ether oxygens (including phenoxy) is 2. The molecule has 5 heteroatoms. The molecule has 0 atom stereocenters. The molecule has 0 heterocycles. The van der Waals surface area contributed by atoms with E-state index in [0.29, 0.717) is 23.8 Å². The van der Waals surface area contributed by atoms with Crippen LogP contribution in [0.2, 0.25) is 0 Å². The van der Waals surface area contributed by atoms with Gasteiger partial charge < -0.3 is 14.6 Å². The first-order valence-corrected chi connectivity index (χ1v) is 13.8. The van der Waals surface area contributed by atoms with Gasteiger partial charge in [0, 0.05) is 11.1 Å². The fourth-order valence-electron chi connectivity index (χ4n) is 5.08. The zero-order valence-electron chi connectivity index (χ0n) is 23.0. The normalized spacial score (nSPS) is 17.7. The zero-order chi connectivity index (χ0) is 27.5. The second-order valence-electron chi connectivity index (χ2n) is 10.6. The van der Waals surface area contributed by atoms with E-state index in [2.05, 4.69) is 56.5 Å². The average Bonchev–Trinajstić information content (AvgIpc) is 2.93. The van der Waals surface area contributed by atoms with Gasteiger partial charge in [0.05, 0.1) is 18.4 Å². The fraction of sp³-hybridized carbons (Fsp3) is 0.455. The number of unbranched alkanes of at least 4 members (excludes halogenated alkanes) is 2. The minimum absolute atomic E-state index is 0.00751. The smallest absolute Gasteiger partial charge is 0.337 e. The van der Waals surface area contributed by atoms with Crippen molar-refractivity contribution in [3.8, 4) is 0 Å². The minimum Gasteiger partial charge on any atom is -0.458 e. The van der Waals surface area contributed by atoms with Crippen LogP contribution in [0.3, 0.4) is 0 Å². The highest BCUT2D eigenvalue weighted by atomic mass is 16.5. The van der Waals surface area contributed by atoms with Crippen LogP contribution in [0.25, 0.3) is 10.8 Å². The molecule has 0 radical (unpaired) electrons. The average molecular weight is 519 g/mol. The predicted octanol–water partition coefficient (Wildman–Crippen LogP) is 7.33. The zero-order valence-corrected chi connectivity index (χ0v) is 23.0. The molecular formula is C33H42O5. The van der Waals surface area contributed by atoms with Crippen LogP contribution >= 0.6 is 0 Å². The first-order chi connectivity index (χ1) is 18.3. The number of aliphatic hydroxyl groups is 1. The Hall–Kier alpha value is -3.18. The molecule has 204 valence electrons. The first-order valence-electron chi connectivity index (χ1n) is 13.8. The molecule has 2 aromatic rings. The molecule has 1 fully saturated rings. The third-order valence-electron chi connectivity index (χ3n) is 7.42. The number of benzene rings is 2. The molecule has 0 bridgehead atoms. The van der Waals surface area contributed by atoms with Gasteiger partial charge in [-0.3, -0.25) is 0 Å². The van der Waals surface area contributed by atoms with E-state index in [1.807, 2.05) is 0 Å². The van der Waals surface area contributed by atoms with Gasteiger partial charge in [-0.25, -0.2) is 9.59 Å². The third kappa shape index (κ3) is 8.70. The molecule has 5 nitrogen and oxygen atoms in total. The topological polar surface area (TPSA) is 72.8 Å². The number of aliphatic hydroxyl groups excluding tert-OH is 1. The number of aryl methyl sites for hydroxylation is 1. The molecular weight excluding hydrogens is 476 g/mol. The molecule has 1 saturated carbocycles. The maximum absolute atomic E-state index is 12.0. The lowest BCUT2D eigenvalue weighted by Crippen LogP contribution is -2.17. The number of carbonyl (C=O) groups is 2. The number of carbonyl (C=O) groups excluding carboxylic acids is 2. The van der Waals surface area contributed by atoms with Gasteiger partial charge in [-0.1, -0.05) is 69.3 Å². The summed E-state index contributed by atoms with van der Waals surface area (Å²) in [6, 6.07) is 13.8. The summed E-state index contributed by atoms with van der Waals surface area (Å²) in [7, 11) is 0. The van der Waals surface area contributed by atoms with Crippen molar-refractivity contribution >= 4 is 22.7 Å². The summed E-state index contributed by atoms with van der Waals surface area (Å²) >= 11 is 0. The highest BCUT2D eigenvalue weighted by Crippen LogP contribution is 2.39. The fourth-order valence-corrected chi connectivity index (χ4v) is 5.08. The number of hydrogen-bond donors (Lipinski definition) is 1. The van der Waals surface area contributed by atoms with Crippen molar-refractivity contribution in [1.29, 1.82) is 0 Å². The summed E-state index contributed by atoms with van der Waals surface area (Å²) in [6.07, 6.45) is 11.2. The van der Waals surface area contributed by atoms with Crippen LogP contribution in [-0.4, -0.2) is 30.3 Å². The number of esters is 2. The van der Waals surface area contributed by atoms with Crippen LogP contribution in [0.5, 0.6) is 0 Å². The van der Waals surface area contributed by atoms with Crippen LogP contribution in [0.1, 0.15) is 82.3 Å². The first kappa shape index (κ1) is 29.4. The molecule has 38 heavy (non-hydrogen) atoms. The molecule has 1 aliphatic rings. The van der Waals surface area contributed by atoms with Crippen molar-refractivity contribution in [2.45, 2.75) is 77.6 Å². The molecule has 3 rings (SSSR count). The Balaban J connectivity index is 1.59. The molecule has 2 aromatic carbocycles. The van der Waals surface area contributed by atoms with E-state index in [-0.39, 0.29) is 12.2 Å². The van der Waals surface area contributed by atoms with E-state index in [0.717, 1.165) is 37.7 Å². The van der Waals surface area contributed by atoms with Gasteiger partial charge in [0.1, 0.15) is 6.61 Å². The van der Waals surface area contributed by atoms with Crippen molar-refractivity contribution in [2.75, 3.05) is 13.2 Å². The maximum Gasteiger partial charge on any atom is 0.337 e.